The van der Waals surface area contributed by atoms with Crippen LogP contribution in [0.25, 0.3) is 11.0 Å². The van der Waals surface area contributed by atoms with Gasteiger partial charge in [-0.2, -0.15) is 0 Å². The summed E-state index contributed by atoms with van der Waals surface area (Å²) in [7, 11) is 0. The number of fused-ring (bicyclic) bond motifs is 1. The second-order valence-corrected chi connectivity index (χ2v) is 9.91. The number of benzene rings is 1. The monoisotopic (exact) mass is 446 g/mol. The minimum absolute atomic E-state index is 0.331. The van der Waals surface area contributed by atoms with Gasteiger partial charge in [-0.1, -0.05) is 30.4 Å². The summed E-state index contributed by atoms with van der Waals surface area (Å²) in [6, 6.07) is 7.90. The van der Waals surface area contributed by atoms with E-state index in [1.165, 1.54) is 51.3 Å². The highest BCUT2D eigenvalue weighted by atomic mass is 32.2. The van der Waals surface area contributed by atoms with Crippen LogP contribution >= 0.6 is 24.0 Å². The van der Waals surface area contributed by atoms with Gasteiger partial charge in [-0.25, -0.2) is 4.79 Å². The second-order valence-electron chi connectivity index (χ2n) is 8.18. The van der Waals surface area contributed by atoms with Crippen molar-refractivity contribution in [2.24, 2.45) is 0 Å². The van der Waals surface area contributed by atoms with Crippen LogP contribution in [-0.4, -0.2) is 58.7 Å². The molecule has 0 saturated carbocycles. The first-order chi connectivity index (χ1) is 14.6. The highest BCUT2D eigenvalue weighted by Crippen LogP contribution is 2.24. The van der Waals surface area contributed by atoms with Crippen LogP contribution in [0.1, 0.15) is 37.7 Å². The Morgan fingerprint density at radius 2 is 1.93 bits per heavy atom. The number of thioether (sulfide) groups is 1. The molecule has 0 radical (unpaired) electrons. The van der Waals surface area contributed by atoms with Crippen molar-refractivity contribution in [3.05, 3.63) is 40.2 Å². The first-order valence-corrected chi connectivity index (χ1v) is 12.3. The fraction of sp³-hybridized carbons (Fsp3) is 0.565. The quantitative estimate of drug-likeness (QED) is 0.382. The van der Waals surface area contributed by atoms with Gasteiger partial charge in [0, 0.05) is 42.4 Å². The van der Waals surface area contributed by atoms with Crippen molar-refractivity contribution in [3.63, 3.8) is 0 Å². The Labute approximate surface area is 187 Å². The molecule has 2 aliphatic heterocycles. The van der Waals surface area contributed by atoms with Crippen LogP contribution in [0.5, 0.6) is 5.75 Å². The molecule has 3 heterocycles. The standard InChI is InChI=1S/C23H30N2O3S2/c1-17-15-22(26)28-21-16-19(5-6-20(17)21)27-13-14-30-23(29)25-11-7-18(8-12-25)24-9-3-2-4-10-24/h5-6,15-16,18H,2-4,7-14H2,1H3. The Morgan fingerprint density at radius 1 is 1.17 bits per heavy atom. The largest absolute Gasteiger partial charge is 0.493 e. The Morgan fingerprint density at radius 3 is 2.70 bits per heavy atom. The number of hydrogen-bond donors (Lipinski definition) is 0. The summed E-state index contributed by atoms with van der Waals surface area (Å²) in [6.45, 7) is 7.16. The van der Waals surface area contributed by atoms with Gasteiger partial charge in [0.2, 0.25) is 0 Å². The maximum absolute atomic E-state index is 11.6. The molecule has 162 valence electrons. The molecule has 0 bridgehead atoms. The fourth-order valence-electron chi connectivity index (χ4n) is 4.47. The van der Waals surface area contributed by atoms with Gasteiger partial charge in [0.05, 0.1) is 6.61 Å². The molecule has 2 aromatic rings. The molecule has 7 heteroatoms. The number of ether oxygens (including phenoxy) is 1. The lowest BCUT2D eigenvalue weighted by Crippen LogP contribution is -2.47. The summed E-state index contributed by atoms with van der Waals surface area (Å²) in [5.41, 5.74) is 1.15. The predicted molar refractivity (Wildman–Crippen MR) is 128 cm³/mol. The number of aryl methyl sites for hydroxylation is 1. The van der Waals surface area contributed by atoms with Crippen LogP contribution in [0.4, 0.5) is 0 Å². The smallest absolute Gasteiger partial charge is 0.336 e. The van der Waals surface area contributed by atoms with Crippen molar-refractivity contribution < 1.29 is 9.15 Å². The first kappa shape index (κ1) is 21.7. The summed E-state index contributed by atoms with van der Waals surface area (Å²) in [6.07, 6.45) is 6.55. The van der Waals surface area contributed by atoms with Gasteiger partial charge >= 0.3 is 5.63 Å². The fourth-order valence-corrected chi connectivity index (χ4v) is 5.61. The van der Waals surface area contributed by atoms with E-state index in [1.54, 1.807) is 17.8 Å². The molecule has 5 nitrogen and oxygen atoms in total. The van der Waals surface area contributed by atoms with Crippen LogP contribution in [0, 0.1) is 6.92 Å². The number of piperidine rings is 2. The van der Waals surface area contributed by atoms with Gasteiger partial charge in [-0.3, -0.25) is 0 Å². The predicted octanol–water partition coefficient (Wildman–Crippen LogP) is 4.45. The van der Waals surface area contributed by atoms with Crippen molar-refractivity contribution in [1.29, 1.82) is 0 Å². The molecule has 0 aliphatic carbocycles. The van der Waals surface area contributed by atoms with Gasteiger partial charge in [0.25, 0.3) is 0 Å². The van der Waals surface area contributed by atoms with E-state index >= 15 is 0 Å². The van der Waals surface area contributed by atoms with Gasteiger partial charge in [-0.05, 0) is 63.4 Å². The van der Waals surface area contributed by atoms with E-state index in [0.717, 1.165) is 40.2 Å². The summed E-state index contributed by atoms with van der Waals surface area (Å²) in [5.74, 6) is 1.52. The molecule has 2 saturated heterocycles. The molecule has 0 unspecified atom stereocenters. The van der Waals surface area contributed by atoms with Crippen molar-refractivity contribution in [3.8, 4) is 5.75 Å². The van der Waals surface area contributed by atoms with E-state index < -0.39 is 0 Å². The lowest BCUT2D eigenvalue weighted by molar-refractivity contribution is 0.116. The topological polar surface area (TPSA) is 45.9 Å². The molecule has 4 rings (SSSR count). The van der Waals surface area contributed by atoms with Crippen molar-refractivity contribution >= 4 is 39.3 Å². The van der Waals surface area contributed by atoms with Gasteiger partial charge < -0.3 is 19.0 Å². The van der Waals surface area contributed by atoms with Crippen LogP contribution < -0.4 is 10.4 Å². The molecule has 2 fully saturated rings. The number of likely N-dealkylation sites (tertiary alicyclic amines) is 2. The minimum atomic E-state index is -0.331. The van der Waals surface area contributed by atoms with E-state index in [0.29, 0.717) is 17.9 Å². The molecule has 1 aromatic heterocycles. The Kier molecular flexibility index (Phi) is 7.33. The van der Waals surface area contributed by atoms with Crippen molar-refractivity contribution in [1.82, 2.24) is 9.80 Å². The zero-order valence-corrected chi connectivity index (χ0v) is 19.2. The van der Waals surface area contributed by atoms with Crippen LogP contribution in [0.3, 0.4) is 0 Å². The van der Waals surface area contributed by atoms with E-state index in [9.17, 15) is 4.79 Å². The lowest BCUT2D eigenvalue weighted by atomic mass is 10.0. The molecule has 0 amide bonds. The summed E-state index contributed by atoms with van der Waals surface area (Å²) >= 11 is 7.35. The van der Waals surface area contributed by atoms with Crippen LogP contribution in [0.2, 0.25) is 0 Å². The maximum atomic E-state index is 11.6. The van der Waals surface area contributed by atoms with Gasteiger partial charge in [0.15, 0.2) is 0 Å². The molecule has 2 aliphatic rings. The number of rotatable bonds is 5. The van der Waals surface area contributed by atoms with E-state index in [4.69, 9.17) is 21.4 Å². The minimum Gasteiger partial charge on any atom is -0.493 e. The first-order valence-electron chi connectivity index (χ1n) is 10.9. The molecule has 1 aromatic carbocycles. The third-order valence-electron chi connectivity index (χ3n) is 6.13. The Bertz CT molecular complexity index is 932. The van der Waals surface area contributed by atoms with Crippen LogP contribution in [0.15, 0.2) is 33.5 Å². The van der Waals surface area contributed by atoms with E-state index in [2.05, 4.69) is 9.80 Å². The average Bonchev–Trinajstić information content (AvgIpc) is 2.77. The SMILES string of the molecule is Cc1cc(=O)oc2cc(OCCSC(=S)N3CCC(N4CCCCC4)CC3)ccc12. The maximum Gasteiger partial charge on any atom is 0.336 e. The summed E-state index contributed by atoms with van der Waals surface area (Å²) in [5, 5.41) is 0.936. The molecule has 0 N–H and O–H groups in total. The lowest BCUT2D eigenvalue weighted by Gasteiger charge is -2.40. The summed E-state index contributed by atoms with van der Waals surface area (Å²) < 4.78 is 12.1. The number of hydrogen-bond acceptors (Lipinski definition) is 6. The molecular formula is C23H30N2O3S2. The second kappa shape index (κ2) is 10.2. The Balaban J connectivity index is 1.20. The van der Waals surface area contributed by atoms with Gasteiger partial charge in [0.1, 0.15) is 15.7 Å². The van der Waals surface area contributed by atoms with Crippen LogP contribution in [-0.2, 0) is 0 Å². The van der Waals surface area contributed by atoms with E-state index in [1.807, 2.05) is 19.1 Å². The Hall–Kier alpha value is -1.57. The molecule has 30 heavy (non-hydrogen) atoms. The van der Waals surface area contributed by atoms with Gasteiger partial charge in [-0.15, -0.1) is 0 Å². The molecule has 0 spiro atoms. The third kappa shape index (κ3) is 5.37. The number of thiocarbonyl (C=S) groups is 1. The normalized spacial score (nSPS) is 18.6. The van der Waals surface area contributed by atoms with Crippen molar-refractivity contribution in [2.75, 3.05) is 38.5 Å². The summed E-state index contributed by atoms with van der Waals surface area (Å²) in [4.78, 5) is 16.6. The highest BCUT2D eigenvalue weighted by molar-refractivity contribution is 8.22. The van der Waals surface area contributed by atoms with Crippen molar-refractivity contribution in [2.45, 2.75) is 45.1 Å². The molecule has 0 atom stereocenters. The third-order valence-corrected chi connectivity index (χ3v) is 7.62. The number of nitrogens with zero attached hydrogens (tertiary/aromatic N) is 2. The average molecular weight is 447 g/mol. The van der Waals surface area contributed by atoms with E-state index in [-0.39, 0.29) is 5.63 Å². The highest BCUT2D eigenvalue weighted by Gasteiger charge is 2.26. The molecular weight excluding hydrogens is 416 g/mol. The zero-order valence-electron chi connectivity index (χ0n) is 17.6. The zero-order chi connectivity index (χ0) is 20.9.